The predicted molar refractivity (Wildman–Crippen MR) is 243 cm³/mol. The van der Waals surface area contributed by atoms with Crippen molar-refractivity contribution in [2.45, 2.75) is 115 Å². The van der Waals surface area contributed by atoms with Crippen molar-refractivity contribution in [2.24, 2.45) is 16.8 Å². The zero-order valence-corrected chi connectivity index (χ0v) is 37.7. The predicted octanol–water partition coefficient (Wildman–Crippen LogP) is 7.95. The molecule has 3 saturated heterocycles. The Hall–Kier alpha value is -6.05. The fourth-order valence-corrected chi connectivity index (χ4v) is 9.83. The van der Waals surface area contributed by atoms with Gasteiger partial charge in [-0.15, -0.1) is 0 Å². The van der Waals surface area contributed by atoms with Gasteiger partial charge in [-0.25, -0.2) is 14.0 Å². The lowest BCUT2D eigenvalue weighted by molar-refractivity contribution is -0.139. The number of methoxy groups -OCH3 is 2. The molecule has 6 atom stereocenters. The Morgan fingerprint density at radius 2 is 1.22 bits per heavy atom. The lowest BCUT2D eigenvalue weighted by atomic mass is 9.97. The van der Waals surface area contributed by atoms with E-state index in [4.69, 9.17) is 14.5 Å². The van der Waals surface area contributed by atoms with E-state index in [1.54, 1.807) is 4.90 Å². The third-order valence-electron chi connectivity index (χ3n) is 13.2. The van der Waals surface area contributed by atoms with Gasteiger partial charge in [0.2, 0.25) is 11.8 Å². The maximum atomic E-state index is 14.2. The number of nitrogens with one attached hydrogen (secondary N) is 2. The number of hydrogen-bond donors (Lipinski definition) is 2. The number of amides is 4. The highest BCUT2D eigenvalue weighted by Gasteiger charge is 2.41. The van der Waals surface area contributed by atoms with Crippen molar-refractivity contribution in [1.82, 2.24) is 20.4 Å². The standard InChI is InChI=1S/C50H61FN6O7/c1-30(2)45(53-49(61)63-5)47(59)55-27-7-9-42(55)39-24-23-38(52-39)33-15-17-35(18-16-33)41-26-25-40(57(41)37-21-19-36(51)20-22-37)34-13-11-32(12-14-34)29-44(58)43-10-8-28-56(43)48(60)46(31(3)4)54-50(62)64-6/h11-23,30-31,40-43,45-46H,7-10,24-29H2,1-6H3,(H,53,61)(H,54,62)/t40-,41-,42-,43-,45-,46-/m0/s1. The summed E-state index contributed by atoms with van der Waals surface area (Å²) in [6.07, 6.45) is 6.33. The third-order valence-corrected chi connectivity index (χ3v) is 13.2. The smallest absolute Gasteiger partial charge is 0.407 e. The van der Waals surface area contributed by atoms with Crippen LogP contribution in [-0.4, -0.2) is 96.8 Å². The maximum absolute atomic E-state index is 14.2. The number of aliphatic imine (C=N–C) groups is 1. The molecule has 3 aromatic carbocycles. The summed E-state index contributed by atoms with van der Waals surface area (Å²) >= 11 is 0. The molecule has 3 aromatic rings. The molecule has 64 heavy (non-hydrogen) atoms. The number of ketones is 1. The monoisotopic (exact) mass is 876 g/mol. The van der Waals surface area contributed by atoms with Gasteiger partial charge in [-0.2, -0.15) is 0 Å². The quantitative estimate of drug-likeness (QED) is 0.166. The van der Waals surface area contributed by atoms with Gasteiger partial charge in [0.25, 0.3) is 0 Å². The van der Waals surface area contributed by atoms with Crippen molar-refractivity contribution >= 4 is 46.9 Å². The molecule has 0 aromatic heterocycles. The van der Waals surface area contributed by atoms with Gasteiger partial charge in [0, 0.05) is 37.3 Å². The molecule has 0 aliphatic carbocycles. The molecule has 0 unspecified atom stereocenters. The second-order valence-corrected chi connectivity index (χ2v) is 18.0. The Balaban J connectivity index is 1.04. The number of hydrogen-bond acceptors (Lipinski definition) is 9. The SMILES string of the molecule is COC(=O)N[C@H](C(=O)N1CCC[C@H]1C(=O)Cc1ccc([C@@H]2CC[C@@H](c3ccc(C4=CCC([C@@H]5CCCN5C(=O)[C@@H](NC(=O)OC)C(C)C)=N4)cc3)N2c2ccc(F)cc2)cc1)C(C)C. The lowest BCUT2D eigenvalue weighted by Gasteiger charge is -2.33. The number of alkyl carbamates (subject to hydrolysis) is 2. The first-order valence-electron chi connectivity index (χ1n) is 22.6. The fourth-order valence-electron chi connectivity index (χ4n) is 9.83. The van der Waals surface area contributed by atoms with Gasteiger partial charge < -0.3 is 34.8 Å². The zero-order chi connectivity index (χ0) is 45.7. The second kappa shape index (κ2) is 20.2. The van der Waals surface area contributed by atoms with Crippen LogP contribution in [0.25, 0.3) is 5.70 Å². The topological polar surface area (TPSA) is 150 Å². The molecule has 0 bridgehead atoms. The van der Waals surface area contributed by atoms with Crippen LogP contribution in [0.3, 0.4) is 0 Å². The van der Waals surface area contributed by atoms with Gasteiger partial charge in [-0.05, 0) is 96.9 Å². The number of carbonyl (C=O) groups is 5. The summed E-state index contributed by atoms with van der Waals surface area (Å²) < 4.78 is 23.8. The van der Waals surface area contributed by atoms with Crippen molar-refractivity contribution in [3.63, 3.8) is 0 Å². The summed E-state index contributed by atoms with van der Waals surface area (Å²) in [5.41, 5.74) is 6.78. The van der Waals surface area contributed by atoms with Crippen LogP contribution < -0.4 is 15.5 Å². The molecule has 340 valence electrons. The van der Waals surface area contributed by atoms with Crippen LogP contribution >= 0.6 is 0 Å². The molecule has 2 N–H and O–H groups in total. The molecule has 0 radical (unpaired) electrons. The fraction of sp³-hybridized carbons (Fsp3) is 0.480. The van der Waals surface area contributed by atoms with Gasteiger partial charge in [0.15, 0.2) is 5.78 Å². The molecule has 4 amide bonds. The van der Waals surface area contributed by atoms with Crippen molar-refractivity contribution < 1.29 is 37.8 Å². The highest BCUT2D eigenvalue weighted by Crippen LogP contribution is 2.47. The minimum Gasteiger partial charge on any atom is -0.453 e. The summed E-state index contributed by atoms with van der Waals surface area (Å²) in [7, 11) is 2.55. The van der Waals surface area contributed by atoms with Crippen LogP contribution in [0.4, 0.5) is 19.7 Å². The lowest BCUT2D eigenvalue weighted by Crippen LogP contribution is -2.53. The second-order valence-electron chi connectivity index (χ2n) is 18.0. The van der Waals surface area contributed by atoms with Crippen molar-refractivity contribution in [1.29, 1.82) is 0 Å². The molecule has 7 rings (SSSR count). The average Bonchev–Trinajstić information content (AvgIpc) is 4.14. The number of carbonyl (C=O) groups excluding carboxylic acids is 5. The number of halogens is 1. The highest BCUT2D eigenvalue weighted by molar-refractivity contribution is 6.02. The Kier molecular flexibility index (Phi) is 14.5. The Morgan fingerprint density at radius 1 is 0.688 bits per heavy atom. The number of Topliss-reactive ketones (excluding diaryl/α,β-unsaturated/α-hetero) is 1. The van der Waals surface area contributed by atoms with E-state index in [-0.39, 0.29) is 59.8 Å². The van der Waals surface area contributed by atoms with E-state index in [0.29, 0.717) is 32.4 Å². The van der Waals surface area contributed by atoms with Gasteiger partial charge >= 0.3 is 12.2 Å². The minimum absolute atomic E-state index is 0.00186. The first-order chi connectivity index (χ1) is 30.8. The summed E-state index contributed by atoms with van der Waals surface area (Å²) in [5.74, 6) is -1.03. The van der Waals surface area contributed by atoms with E-state index < -0.39 is 30.3 Å². The van der Waals surface area contributed by atoms with E-state index in [1.165, 1.54) is 26.4 Å². The normalized spacial score (nSPS) is 21.7. The molecule has 4 heterocycles. The van der Waals surface area contributed by atoms with E-state index >= 15 is 0 Å². The van der Waals surface area contributed by atoms with E-state index in [1.807, 2.05) is 56.9 Å². The van der Waals surface area contributed by atoms with Crippen LogP contribution in [0.15, 0.2) is 83.9 Å². The Bertz CT molecular complexity index is 2240. The minimum atomic E-state index is -0.791. The first kappa shape index (κ1) is 46.0. The number of likely N-dealkylation sites (tertiary alicyclic amines) is 2. The van der Waals surface area contributed by atoms with Crippen LogP contribution in [-0.2, 0) is 30.3 Å². The zero-order valence-electron chi connectivity index (χ0n) is 37.7. The molecule has 4 aliphatic heterocycles. The molecular formula is C50H61FN6O7. The summed E-state index contributed by atoms with van der Waals surface area (Å²) in [5, 5.41) is 5.36. The van der Waals surface area contributed by atoms with Gasteiger partial charge in [-0.3, -0.25) is 19.4 Å². The number of rotatable bonds is 14. The molecule has 0 saturated carbocycles. The molecule has 13 nitrogen and oxygen atoms in total. The number of nitrogens with zero attached hydrogens (tertiary/aromatic N) is 4. The number of allylic oxidation sites excluding steroid dienone is 1. The van der Waals surface area contributed by atoms with E-state index in [0.717, 1.165) is 65.0 Å². The highest BCUT2D eigenvalue weighted by atomic mass is 19.1. The largest absolute Gasteiger partial charge is 0.453 e. The number of anilines is 1. The van der Waals surface area contributed by atoms with Crippen molar-refractivity contribution in [3.8, 4) is 0 Å². The first-order valence-corrected chi connectivity index (χ1v) is 22.6. The number of ether oxygens (including phenoxy) is 2. The summed E-state index contributed by atoms with van der Waals surface area (Å²) in [6.45, 7) is 8.58. The van der Waals surface area contributed by atoms with Gasteiger partial charge in [0.05, 0.1) is 44.1 Å². The summed E-state index contributed by atoms with van der Waals surface area (Å²) in [6, 6.07) is 21.1. The molecule has 14 heteroatoms. The van der Waals surface area contributed by atoms with Crippen LogP contribution in [0.5, 0.6) is 0 Å². The molecule has 4 aliphatic rings. The Morgan fingerprint density at radius 3 is 1.78 bits per heavy atom. The number of benzene rings is 3. The van der Waals surface area contributed by atoms with Crippen molar-refractivity contribution in [2.75, 3.05) is 32.2 Å². The molecular weight excluding hydrogens is 816 g/mol. The van der Waals surface area contributed by atoms with Crippen LogP contribution in [0.1, 0.15) is 107 Å². The van der Waals surface area contributed by atoms with Crippen LogP contribution in [0.2, 0.25) is 0 Å². The van der Waals surface area contributed by atoms with Crippen LogP contribution in [0, 0.1) is 17.7 Å². The van der Waals surface area contributed by atoms with E-state index in [9.17, 15) is 28.4 Å². The van der Waals surface area contributed by atoms with Gasteiger partial charge in [-0.1, -0.05) is 82.3 Å². The maximum Gasteiger partial charge on any atom is 0.407 e. The summed E-state index contributed by atoms with van der Waals surface area (Å²) in [4.78, 5) is 75.9. The molecule has 0 spiro atoms. The van der Waals surface area contributed by atoms with Crippen molar-refractivity contribution in [3.05, 3.63) is 107 Å². The van der Waals surface area contributed by atoms with E-state index in [2.05, 4.69) is 58.0 Å². The third kappa shape index (κ3) is 10.0. The average molecular weight is 877 g/mol. The molecule has 3 fully saturated rings. The Labute approximate surface area is 375 Å². The van der Waals surface area contributed by atoms with Gasteiger partial charge in [0.1, 0.15) is 17.9 Å².